The molecule has 2 fully saturated rings. The number of sulfone groups is 1. The lowest BCUT2D eigenvalue weighted by molar-refractivity contribution is 0.118. The molecule has 0 aromatic rings. The highest BCUT2D eigenvalue weighted by Gasteiger charge is 2.31. The largest absolute Gasteiger partial charge is 0.317 e. The van der Waals surface area contributed by atoms with Gasteiger partial charge in [-0.25, -0.2) is 8.42 Å². The lowest BCUT2D eigenvalue weighted by Gasteiger charge is -2.40. The smallest absolute Gasteiger partial charge is 0.151 e. The van der Waals surface area contributed by atoms with Crippen molar-refractivity contribution >= 4 is 9.84 Å². The van der Waals surface area contributed by atoms with Crippen LogP contribution in [0.1, 0.15) is 39.5 Å². The Kier molecular flexibility index (Phi) is 5.26. The monoisotopic (exact) mass is 288 g/mol. The molecule has 2 aliphatic rings. The van der Waals surface area contributed by atoms with Crippen molar-refractivity contribution in [3.8, 4) is 0 Å². The third-order valence-electron chi connectivity index (χ3n) is 4.50. The van der Waals surface area contributed by atoms with Crippen molar-refractivity contribution in [2.24, 2.45) is 5.92 Å². The van der Waals surface area contributed by atoms with Crippen LogP contribution >= 0.6 is 0 Å². The standard InChI is InChI=1S/C14H28N2O2S/c1-12(2)16(10-13-5-7-15-8-6-13)14-4-3-9-19(17,18)11-14/h12-15H,3-11H2,1-2H3. The van der Waals surface area contributed by atoms with E-state index in [0.717, 1.165) is 38.4 Å². The number of hydrogen-bond donors (Lipinski definition) is 1. The maximum atomic E-state index is 11.8. The number of rotatable bonds is 4. The molecule has 1 atom stereocenters. The molecule has 1 unspecified atom stereocenters. The molecule has 0 amide bonds. The molecule has 19 heavy (non-hydrogen) atoms. The Morgan fingerprint density at radius 1 is 1.21 bits per heavy atom. The zero-order valence-electron chi connectivity index (χ0n) is 12.3. The quantitative estimate of drug-likeness (QED) is 0.846. The molecular weight excluding hydrogens is 260 g/mol. The number of nitrogens with one attached hydrogen (secondary N) is 1. The third-order valence-corrected chi connectivity index (χ3v) is 6.30. The van der Waals surface area contributed by atoms with E-state index in [1.165, 1.54) is 12.8 Å². The molecule has 2 aliphatic heterocycles. The van der Waals surface area contributed by atoms with Gasteiger partial charge in [-0.3, -0.25) is 4.90 Å². The predicted molar refractivity (Wildman–Crippen MR) is 79.1 cm³/mol. The summed E-state index contributed by atoms with van der Waals surface area (Å²) in [7, 11) is -2.81. The first-order chi connectivity index (χ1) is 8.98. The molecule has 0 saturated carbocycles. The number of nitrogens with zero attached hydrogens (tertiary/aromatic N) is 1. The van der Waals surface area contributed by atoms with Gasteiger partial charge in [0.15, 0.2) is 9.84 Å². The highest BCUT2D eigenvalue weighted by Crippen LogP contribution is 2.23. The first-order valence-electron chi connectivity index (χ1n) is 7.65. The van der Waals surface area contributed by atoms with E-state index in [-0.39, 0.29) is 6.04 Å². The van der Waals surface area contributed by atoms with Crippen LogP contribution in [0, 0.1) is 5.92 Å². The fourth-order valence-electron chi connectivity index (χ4n) is 3.40. The molecule has 1 N–H and O–H groups in total. The van der Waals surface area contributed by atoms with Crippen LogP contribution in [-0.4, -0.2) is 56.5 Å². The van der Waals surface area contributed by atoms with Crippen molar-refractivity contribution < 1.29 is 8.42 Å². The maximum absolute atomic E-state index is 11.8. The first kappa shape index (κ1) is 15.3. The van der Waals surface area contributed by atoms with Crippen molar-refractivity contribution in [1.29, 1.82) is 0 Å². The summed E-state index contributed by atoms with van der Waals surface area (Å²) < 4.78 is 23.7. The van der Waals surface area contributed by atoms with E-state index < -0.39 is 9.84 Å². The van der Waals surface area contributed by atoms with Crippen molar-refractivity contribution in [2.75, 3.05) is 31.1 Å². The summed E-state index contributed by atoms with van der Waals surface area (Å²) in [5.41, 5.74) is 0. The molecule has 0 aromatic heterocycles. The number of hydrogen-bond acceptors (Lipinski definition) is 4. The lowest BCUT2D eigenvalue weighted by atomic mass is 9.95. The van der Waals surface area contributed by atoms with E-state index >= 15 is 0 Å². The second-order valence-electron chi connectivity index (χ2n) is 6.39. The van der Waals surface area contributed by atoms with Gasteiger partial charge in [0.25, 0.3) is 0 Å². The van der Waals surface area contributed by atoms with Crippen LogP contribution in [0.15, 0.2) is 0 Å². The molecule has 2 heterocycles. The molecule has 2 saturated heterocycles. The van der Waals surface area contributed by atoms with Gasteiger partial charge >= 0.3 is 0 Å². The summed E-state index contributed by atoms with van der Waals surface area (Å²) in [6.45, 7) is 7.68. The lowest BCUT2D eigenvalue weighted by Crippen LogP contribution is -2.49. The zero-order chi connectivity index (χ0) is 13.9. The van der Waals surface area contributed by atoms with Gasteiger partial charge in [0, 0.05) is 18.6 Å². The second kappa shape index (κ2) is 6.55. The molecule has 0 aliphatic carbocycles. The first-order valence-corrected chi connectivity index (χ1v) is 9.47. The Balaban J connectivity index is 1.98. The molecule has 0 bridgehead atoms. The van der Waals surface area contributed by atoms with Crippen LogP contribution in [-0.2, 0) is 9.84 Å². The Morgan fingerprint density at radius 2 is 1.89 bits per heavy atom. The minimum atomic E-state index is -2.81. The predicted octanol–water partition coefficient (Wildman–Crippen LogP) is 1.27. The molecule has 112 valence electrons. The van der Waals surface area contributed by atoms with Gasteiger partial charge in [-0.05, 0) is 58.5 Å². The molecular formula is C14H28N2O2S. The summed E-state index contributed by atoms with van der Waals surface area (Å²) in [5, 5.41) is 3.40. The van der Waals surface area contributed by atoms with Crippen molar-refractivity contribution in [3.05, 3.63) is 0 Å². The van der Waals surface area contributed by atoms with Crippen LogP contribution in [0.25, 0.3) is 0 Å². The molecule has 2 rings (SSSR count). The van der Waals surface area contributed by atoms with Crippen LogP contribution in [0.2, 0.25) is 0 Å². The SMILES string of the molecule is CC(C)N(CC1CCNCC1)C1CCCS(=O)(=O)C1. The summed E-state index contributed by atoms with van der Waals surface area (Å²) in [5.74, 6) is 1.49. The molecule has 0 aromatic carbocycles. The Hall–Kier alpha value is -0.130. The summed E-state index contributed by atoms with van der Waals surface area (Å²) in [6, 6.07) is 0.682. The highest BCUT2D eigenvalue weighted by atomic mass is 32.2. The summed E-state index contributed by atoms with van der Waals surface area (Å²) >= 11 is 0. The average Bonchev–Trinajstić information content (AvgIpc) is 2.35. The fourth-order valence-corrected chi connectivity index (χ4v) is 5.12. The van der Waals surface area contributed by atoms with Gasteiger partial charge in [-0.1, -0.05) is 0 Å². The number of piperidine rings is 1. The topological polar surface area (TPSA) is 49.4 Å². The summed E-state index contributed by atoms with van der Waals surface area (Å²) in [6.07, 6.45) is 4.33. The Morgan fingerprint density at radius 3 is 2.47 bits per heavy atom. The molecule has 4 nitrogen and oxygen atoms in total. The second-order valence-corrected chi connectivity index (χ2v) is 8.62. The van der Waals surface area contributed by atoms with Crippen LogP contribution < -0.4 is 5.32 Å². The van der Waals surface area contributed by atoms with Gasteiger partial charge in [-0.15, -0.1) is 0 Å². The molecule has 0 radical (unpaired) electrons. The van der Waals surface area contributed by atoms with Gasteiger partial charge < -0.3 is 5.32 Å². The van der Waals surface area contributed by atoms with Crippen molar-refractivity contribution in [1.82, 2.24) is 10.2 Å². The van der Waals surface area contributed by atoms with E-state index in [1.807, 2.05) is 0 Å². The van der Waals surface area contributed by atoms with Crippen LogP contribution in [0.4, 0.5) is 0 Å². The van der Waals surface area contributed by atoms with E-state index in [9.17, 15) is 8.42 Å². The third kappa shape index (κ3) is 4.43. The summed E-state index contributed by atoms with van der Waals surface area (Å²) in [4.78, 5) is 2.45. The van der Waals surface area contributed by atoms with E-state index in [0.29, 0.717) is 17.5 Å². The minimum Gasteiger partial charge on any atom is -0.317 e. The van der Waals surface area contributed by atoms with Crippen LogP contribution in [0.5, 0.6) is 0 Å². The van der Waals surface area contributed by atoms with Crippen molar-refractivity contribution in [3.63, 3.8) is 0 Å². The van der Waals surface area contributed by atoms with Crippen LogP contribution in [0.3, 0.4) is 0 Å². The molecule has 0 spiro atoms. The van der Waals surface area contributed by atoms with Gasteiger partial charge in [0.1, 0.15) is 0 Å². The normalized spacial score (nSPS) is 28.9. The van der Waals surface area contributed by atoms with E-state index in [4.69, 9.17) is 0 Å². The van der Waals surface area contributed by atoms with Crippen molar-refractivity contribution in [2.45, 2.75) is 51.6 Å². The fraction of sp³-hybridized carbons (Fsp3) is 1.00. The maximum Gasteiger partial charge on any atom is 0.151 e. The Labute approximate surface area is 117 Å². The van der Waals surface area contributed by atoms with E-state index in [2.05, 4.69) is 24.1 Å². The molecule has 5 heteroatoms. The van der Waals surface area contributed by atoms with Gasteiger partial charge in [0.2, 0.25) is 0 Å². The van der Waals surface area contributed by atoms with Gasteiger partial charge in [-0.2, -0.15) is 0 Å². The van der Waals surface area contributed by atoms with E-state index in [1.54, 1.807) is 0 Å². The zero-order valence-corrected chi connectivity index (χ0v) is 13.1. The Bertz CT molecular complexity index is 375. The minimum absolute atomic E-state index is 0.244. The highest BCUT2D eigenvalue weighted by molar-refractivity contribution is 7.91. The average molecular weight is 288 g/mol. The van der Waals surface area contributed by atoms with Gasteiger partial charge in [0.05, 0.1) is 11.5 Å².